The van der Waals surface area contributed by atoms with Gasteiger partial charge in [0.2, 0.25) is 0 Å². The minimum absolute atomic E-state index is 0.236. The largest absolute Gasteiger partial charge is 0.296 e. The number of likely N-dealkylation sites (N-methyl/N-ethyl adjacent to an activating group) is 1. The van der Waals surface area contributed by atoms with Gasteiger partial charge in [0.15, 0.2) is 5.78 Å². The highest BCUT2D eigenvalue weighted by atomic mass is 32.1. The topological polar surface area (TPSA) is 20.3 Å². The van der Waals surface area contributed by atoms with Crippen LogP contribution in [0.25, 0.3) is 0 Å². The molecule has 0 unspecified atom stereocenters. The summed E-state index contributed by atoms with van der Waals surface area (Å²) in [5.41, 5.74) is 0. The highest BCUT2D eigenvalue weighted by Gasteiger charge is 2.15. The van der Waals surface area contributed by atoms with Crippen LogP contribution in [-0.2, 0) is 0 Å². The van der Waals surface area contributed by atoms with E-state index in [-0.39, 0.29) is 5.78 Å². The van der Waals surface area contributed by atoms with Crippen molar-refractivity contribution in [3.63, 3.8) is 0 Å². The van der Waals surface area contributed by atoms with Gasteiger partial charge in [-0.3, -0.25) is 9.69 Å². The lowest BCUT2D eigenvalue weighted by Crippen LogP contribution is -2.34. The molecule has 15 heavy (non-hydrogen) atoms. The lowest BCUT2D eigenvalue weighted by atomic mass is 10.1. The number of carbonyl (C=O) groups is 1. The van der Waals surface area contributed by atoms with Crippen molar-refractivity contribution < 1.29 is 4.79 Å². The van der Waals surface area contributed by atoms with E-state index in [2.05, 4.69) is 18.7 Å². The van der Waals surface area contributed by atoms with Crippen LogP contribution in [0, 0.1) is 0 Å². The Morgan fingerprint density at radius 1 is 1.47 bits per heavy atom. The number of nitrogens with zero attached hydrogens (tertiary/aromatic N) is 1. The van der Waals surface area contributed by atoms with Gasteiger partial charge >= 0.3 is 0 Å². The summed E-state index contributed by atoms with van der Waals surface area (Å²) in [6.07, 6.45) is 2.20. The molecule has 0 saturated heterocycles. The van der Waals surface area contributed by atoms with Crippen LogP contribution in [0.3, 0.4) is 0 Å². The standard InChI is InChI=1S/C12H19NOS/c1-4-10(5-2)13(3)9-11(14)12-7-6-8-15-12/h6-8,10H,4-5,9H2,1-3H3. The minimum atomic E-state index is 0.236. The molecule has 0 amide bonds. The van der Waals surface area contributed by atoms with Crippen molar-refractivity contribution >= 4 is 17.1 Å². The molecule has 0 aliphatic rings. The van der Waals surface area contributed by atoms with Crippen LogP contribution in [0.1, 0.15) is 36.4 Å². The molecule has 0 N–H and O–H groups in total. The zero-order chi connectivity index (χ0) is 11.3. The summed E-state index contributed by atoms with van der Waals surface area (Å²) in [7, 11) is 2.03. The van der Waals surface area contributed by atoms with Crippen LogP contribution in [0.5, 0.6) is 0 Å². The summed E-state index contributed by atoms with van der Waals surface area (Å²) < 4.78 is 0. The molecule has 2 nitrogen and oxygen atoms in total. The number of hydrogen-bond donors (Lipinski definition) is 0. The third kappa shape index (κ3) is 3.43. The Hall–Kier alpha value is -0.670. The molecule has 0 spiro atoms. The summed E-state index contributed by atoms with van der Waals surface area (Å²) >= 11 is 1.52. The van der Waals surface area contributed by atoms with E-state index in [1.807, 2.05) is 24.6 Å². The van der Waals surface area contributed by atoms with E-state index < -0.39 is 0 Å². The van der Waals surface area contributed by atoms with Crippen molar-refractivity contribution in [3.05, 3.63) is 22.4 Å². The second kappa shape index (κ2) is 6.03. The molecule has 3 heteroatoms. The second-order valence-corrected chi connectivity index (χ2v) is 4.73. The summed E-state index contributed by atoms with van der Waals surface area (Å²) in [5, 5.41) is 1.95. The Kier molecular flexibility index (Phi) is 4.99. The molecule has 0 radical (unpaired) electrons. The van der Waals surface area contributed by atoms with Gasteiger partial charge in [0.1, 0.15) is 0 Å². The first-order chi connectivity index (χ1) is 7.19. The summed E-state index contributed by atoms with van der Waals surface area (Å²) in [4.78, 5) is 14.8. The van der Waals surface area contributed by atoms with Crippen molar-refractivity contribution in [3.8, 4) is 0 Å². The van der Waals surface area contributed by atoms with Gasteiger partial charge in [0, 0.05) is 6.04 Å². The van der Waals surface area contributed by atoms with Crippen molar-refractivity contribution in [1.82, 2.24) is 4.90 Å². The molecule has 1 aromatic rings. The lowest BCUT2D eigenvalue weighted by molar-refractivity contribution is 0.0919. The zero-order valence-electron chi connectivity index (χ0n) is 9.69. The molecule has 84 valence electrons. The monoisotopic (exact) mass is 225 g/mol. The second-order valence-electron chi connectivity index (χ2n) is 3.79. The normalized spacial score (nSPS) is 11.3. The van der Waals surface area contributed by atoms with Gasteiger partial charge in [-0.2, -0.15) is 0 Å². The van der Waals surface area contributed by atoms with Crippen LogP contribution in [-0.4, -0.2) is 30.3 Å². The van der Waals surface area contributed by atoms with Gasteiger partial charge in [0.25, 0.3) is 0 Å². The molecule has 1 rings (SSSR count). The molecule has 0 atom stereocenters. The SMILES string of the molecule is CCC(CC)N(C)CC(=O)c1cccs1. The Morgan fingerprint density at radius 3 is 2.60 bits per heavy atom. The van der Waals surface area contributed by atoms with E-state index in [9.17, 15) is 4.79 Å². The van der Waals surface area contributed by atoms with Crippen molar-refractivity contribution in [2.45, 2.75) is 32.7 Å². The third-order valence-corrected chi connectivity index (χ3v) is 3.67. The Bertz CT molecular complexity index is 291. The fraction of sp³-hybridized carbons (Fsp3) is 0.583. The number of rotatable bonds is 6. The molecule has 0 aliphatic carbocycles. The molecule has 0 saturated carbocycles. The molecule has 0 fully saturated rings. The van der Waals surface area contributed by atoms with Crippen LogP contribution < -0.4 is 0 Å². The number of Topliss-reactive ketones (excluding diaryl/α,β-unsaturated/α-hetero) is 1. The Balaban J connectivity index is 2.51. The highest BCUT2D eigenvalue weighted by Crippen LogP contribution is 2.12. The van der Waals surface area contributed by atoms with Crippen molar-refractivity contribution in [2.24, 2.45) is 0 Å². The van der Waals surface area contributed by atoms with E-state index >= 15 is 0 Å². The van der Waals surface area contributed by atoms with Crippen LogP contribution in [0.4, 0.5) is 0 Å². The van der Waals surface area contributed by atoms with Crippen LogP contribution in [0.2, 0.25) is 0 Å². The van der Waals surface area contributed by atoms with E-state index in [1.165, 1.54) is 11.3 Å². The number of ketones is 1. The van der Waals surface area contributed by atoms with E-state index in [0.717, 1.165) is 17.7 Å². The van der Waals surface area contributed by atoms with Crippen LogP contribution >= 0.6 is 11.3 Å². The van der Waals surface area contributed by atoms with Gasteiger partial charge in [-0.25, -0.2) is 0 Å². The first kappa shape index (κ1) is 12.4. The molecule has 1 heterocycles. The smallest absolute Gasteiger partial charge is 0.186 e. The highest BCUT2D eigenvalue weighted by molar-refractivity contribution is 7.12. The predicted octanol–water partition coefficient (Wildman–Crippen LogP) is 3.05. The number of hydrogen-bond acceptors (Lipinski definition) is 3. The minimum Gasteiger partial charge on any atom is -0.296 e. The Morgan fingerprint density at radius 2 is 2.13 bits per heavy atom. The van der Waals surface area contributed by atoms with Gasteiger partial charge in [-0.1, -0.05) is 19.9 Å². The van der Waals surface area contributed by atoms with Gasteiger partial charge in [-0.05, 0) is 31.3 Å². The van der Waals surface area contributed by atoms with Gasteiger partial charge in [0.05, 0.1) is 11.4 Å². The fourth-order valence-corrected chi connectivity index (χ4v) is 2.44. The van der Waals surface area contributed by atoms with Crippen molar-refractivity contribution in [1.29, 1.82) is 0 Å². The summed E-state index contributed by atoms with van der Waals surface area (Å²) in [5.74, 6) is 0.236. The molecule has 1 aromatic heterocycles. The first-order valence-corrected chi connectivity index (χ1v) is 6.33. The van der Waals surface area contributed by atoms with Gasteiger partial charge < -0.3 is 0 Å². The lowest BCUT2D eigenvalue weighted by Gasteiger charge is -2.24. The predicted molar refractivity (Wildman–Crippen MR) is 65.6 cm³/mol. The molecule has 0 bridgehead atoms. The summed E-state index contributed by atoms with van der Waals surface area (Å²) in [6, 6.07) is 4.34. The maximum absolute atomic E-state index is 11.8. The number of carbonyl (C=O) groups excluding carboxylic acids is 1. The fourth-order valence-electron chi connectivity index (χ4n) is 1.78. The van der Waals surface area contributed by atoms with Crippen molar-refractivity contribution in [2.75, 3.05) is 13.6 Å². The average molecular weight is 225 g/mol. The maximum atomic E-state index is 11.8. The molecular weight excluding hydrogens is 206 g/mol. The quantitative estimate of drug-likeness (QED) is 0.694. The summed E-state index contributed by atoms with van der Waals surface area (Å²) in [6.45, 7) is 4.87. The molecule has 0 aliphatic heterocycles. The van der Waals surface area contributed by atoms with E-state index in [1.54, 1.807) is 0 Å². The maximum Gasteiger partial charge on any atom is 0.186 e. The van der Waals surface area contributed by atoms with E-state index in [0.29, 0.717) is 12.6 Å². The Labute approximate surface area is 95.9 Å². The average Bonchev–Trinajstić information content (AvgIpc) is 2.72. The van der Waals surface area contributed by atoms with Crippen LogP contribution in [0.15, 0.2) is 17.5 Å². The third-order valence-electron chi connectivity index (χ3n) is 2.75. The first-order valence-electron chi connectivity index (χ1n) is 5.46. The number of thiophene rings is 1. The van der Waals surface area contributed by atoms with Gasteiger partial charge in [-0.15, -0.1) is 11.3 Å². The van der Waals surface area contributed by atoms with E-state index in [4.69, 9.17) is 0 Å². The zero-order valence-corrected chi connectivity index (χ0v) is 10.5. The molecule has 0 aromatic carbocycles. The molecular formula is C12H19NOS.